The van der Waals surface area contributed by atoms with Gasteiger partial charge in [0.25, 0.3) is 5.69 Å². The Balaban J connectivity index is 0.000000804. The first-order valence-corrected chi connectivity index (χ1v) is 9.40. The molecule has 2 aromatic rings. The number of carboxylic acid groups (broad SMARTS) is 1. The monoisotopic (exact) mass is 415 g/mol. The highest BCUT2D eigenvalue weighted by atomic mass is 16.6. The largest absolute Gasteiger partial charge is 0.505 e. The minimum atomic E-state index is -1.25. The van der Waals surface area contributed by atoms with Crippen LogP contribution in [0.3, 0.4) is 0 Å². The minimum Gasteiger partial charge on any atom is -0.450 e. The summed E-state index contributed by atoms with van der Waals surface area (Å²) in [6, 6.07) is 12.2. The van der Waals surface area contributed by atoms with Crippen molar-refractivity contribution in [3.63, 3.8) is 0 Å². The summed E-state index contributed by atoms with van der Waals surface area (Å²) in [5.41, 5.74) is 1.71. The van der Waals surface area contributed by atoms with Crippen molar-refractivity contribution in [2.45, 2.75) is 52.4 Å². The van der Waals surface area contributed by atoms with Crippen molar-refractivity contribution in [2.24, 2.45) is 0 Å². The maximum atomic E-state index is 13.0. The van der Waals surface area contributed by atoms with Gasteiger partial charge in [0.05, 0.1) is 12.0 Å². The highest BCUT2D eigenvalue weighted by Gasteiger charge is 2.32. The van der Waals surface area contributed by atoms with Gasteiger partial charge in [-0.25, -0.2) is 4.79 Å². The topological polar surface area (TPSA) is 107 Å². The zero-order valence-electron chi connectivity index (χ0n) is 18.5. The molecule has 30 heavy (non-hydrogen) atoms. The Morgan fingerprint density at radius 2 is 1.40 bits per heavy atom. The van der Waals surface area contributed by atoms with Crippen molar-refractivity contribution in [1.29, 1.82) is 0 Å². The predicted octanol–water partition coefficient (Wildman–Crippen LogP) is 5.73. The average molecular weight is 415 g/mol. The van der Waals surface area contributed by atoms with E-state index in [9.17, 15) is 14.9 Å². The van der Waals surface area contributed by atoms with Crippen LogP contribution < -0.4 is 0 Å². The van der Waals surface area contributed by atoms with Gasteiger partial charge in [0.1, 0.15) is 0 Å². The standard InChI is InChI=1S/C21H25NO3.C2H4O3/c1-20(2,3)16-13-17(21(4,5)6)18(22(24)25)12-15(16)19(23)14-10-8-7-9-11-14;1-5-2(3)4/h7-13H,1-6H3;1H3,(H,3,4). The number of carbonyl (C=O) groups excluding carboxylic acids is 1. The SMILES string of the molecule is CC(C)(C)c1cc(C(C)(C)C)c([N+](=O)[O-])cc1C(=O)c1ccccc1.COC(=O)O. The Morgan fingerprint density at radius 3 is 1.77 bits per heavy atom. The molecule has 0 spiro atoms. The lowest BCUT2D eigenvalue weighted by molar-refractivity contribution is -0.386. The van der Waals surface area contributed by atoms with Crippen LogP contribution in [0.5, 0.6) is 0 Å². The van der Waals surface area contributed by atoms with Crippen LogP contribution >= 0.6 is 0 Å². The molecule has 0 saturated heterocycles. The highest BCUT2D eigenvalue weighted by Crippen LogP contribution is 2.38. The summed E-state index contributed by atoms with van der Waals surface area (Å²) in [4.78, 5) is 33.4. The molecule has 0 heterocycles. The third kappa shape index (κ3) is 6.40. The van der Waals surface area contributed by atoms with E-state index in [1.807, 2.05) is 53.7 Å². The van der Waals surface area contributed by atoms with Crippen LogP contribution in [0.4, 0.5) is 10.5 Å². The smallest absolute Gasteiger partial charge is 0.450 e. The Hall–Kier alpha value is -3.22. The number of nitro groups is 1. The number of methoxy groups -OCH3 is 1. The van der Waals surface area contributed by atoms with E-state index in [0.29, 0.717) is 16.7 Å². The number of nitro benzene ring substituents is 1. The van der Waals surface area contributed by atoms with E-state index < -0.39 is 16.5 Å². The molecule has 0 fully saturated rings. The second kappa shape index (κ2) is 9.52. The highest BCUT2D eigenvalue weighted by molar-refractivity contribution is 6.10. The van der Waals surface area contributed by atoms with Crippen molar-refractivity contribution in [3.8, 4) is 0 Å². The van der Waals surface area contributed by atoms with Crippen LogP contribution in [0.2, 0.25) is 0 Å². The molecule has 0 amide bonds. The normalized spacial score (nSPS) is 11.2. The van der Waals surface area contributed by atoms with Crippen LogP contribution in [-0.4, -0.2) is 29.1 Å². The van der Waals surface area contributed by atoms with E-state index in [2.05, 4.69) is 4.74 Å². The van der Waals surface area contributed by atoms with E-state index in [-0.39, 0.29) is 16.9 Å². The summed E-state index contributed by atoms with van der Waals surface area (Å²) in [6.07, 6.45) is -1.25. The molecule has 1 N–H and O–H groups in total. The first-order chi connectivity index (χ1) is 13.7. The van der Waals surface area contributed by atoms with E-state index >= 15 is 0 Å². The van der Waals surface area contributed by atoms with E-state index in [1.165, 1.54) is 6.07 Å². The lowest BCUT2D eigenvalue weighted by atomic mass is 9.76. The fourth-order valence-corrected chi connectivity index (χ4v) is 2.89. The van der Waals surface area contributed by atoms with Crippen molar-refractivity contribution in [1.82, 2.24) is 0 Å². The summed E-state index contributed by atoms with van der Waals surface area (Å²) in [7, 11) is 1.10. The molecule has 0 aromatic heterocycles. The lowest BCUT2D eigenvalue weighted by Crippen LogP contribution is -2.22. The molecule has 2 rings (SSSR count). The quantitative estimate of drug-likeness (QED) is 0.297. The van der Waals surface area contributed by atoms with Crippen LogP contribution in [0.15, 0.2) is 42.5 Å². The maximum Gasteiger partial charge on any atom is 0.505 e. The number of hydrogen-bond acceptors (Lipinski definition) is 5. The molecule has 0 unspecified atom stereocenters. The molecule has 162 valence electrons. The number of nitrogens with zero attached hydrogens (tertiary/aromatic N) is 1. The van der Waals surface area contributed by atoms with Crippen molar-refractivity contribution in [3.05, 3.63) is 74.8 Å². The van der Waals surface area contributed by atoms with Gasteiger partial charge in [-0.1, -0.05) is 71.9 Å². The number of rotatable bonds is 3. The Bertz CT molecular complexity index is 921. The molecule has 0 saturated carbocycles. The molecule has 0 aliphatic carbocycles. The zero-order valence-corrected chi connectivity index (χ0v) is 18.5. The lowest BCUT2D eigenvalue weighted by Gasteiger charge is -2.27. The van der Waals surface area contributed by atoms with Gasteiger partial charge in [-0.3, -0.25) is 14.9 Å². The summed E-state index contributed by atoms with van der Waals surface area (Å²) < 4.78 is 3.67. The number of carbonyl (C=O) groups is 2. The fourth-order valence-electron chi connectivity index (χ4n) is 2.89. The molecule has 7 nitrogen and oxygen atoms in total. The van der Waals surface area contributed by atoms with Gasteiger partial charge in [-0.05, 0) is 22.5 Å². The number of benzene rings is 2. The minimum absolute atomic E-state index is 0.000203. The molecular formula is C23H29NO6. The molecule has 0 radical (unpaired) electrons. The number of ether oxygens (including phenoxy) is 1. The van der Waals surface area contributed by atoms with E-state index in [0.717, 1.165) is 12.7 Å². The Morgan fingerprint density at radius 1 is 0.933 bits per heavy atom. The second-order valence-corrected chi connectivity index (χ2v) is 8.84. The van der Waals surface area contributed by atoms with Crippen molar-refractivity contribution >= 4 is 17.6 Å². The predicted molar refractivity (Wildman–Crippen MR) is 115 cm³/mol. The van der Waals surface area contributed by atoms with Crippen LogP contribution in [0.1, 0.15) is 68.6 Å². The molecule has 2 aromatic carbocycles. The van der Waals surface area contributed by atoms with Gasteiger partial charge >= 0.3 is 6.16 Å². The van der Waals surface area contributed by atoms with Gasteiger partial charge in [-0.2, -0.15) is 0 Å². The van der Waals surface area contributed by atoms with Crippen LogP contribution in [0.25, 0.3) is 0 Å². The third-order valence-corrected chi connectivity index (χ3v) is 4.40. The second-order valence-electron chi connectivity index (χ2n) is 8.84. The number of hydrogen-bond donors (Lipinski definition) is 1. The van der Waals surface area contributed by atoms with Crippen LogP contribution in [-0.2, 0) is 15.6 Å². The average Bonchev–Trinajstić information content (AvgIpc) is 2.66. The summed E-state index contributed by atoms with van der Waals surface area (Å²) in [6.45, 7) is 11.9. The number of ketones is 1. The molecule has 0 aliphatic heterocycles. The Labute approximate surface area is 176 Å². The van der Waals surface area contributed by atoms with Crippen molar-refractivity contribution in [2.75, 3.05) is 7.11 Å². The third-order valence-electron chi connectivity index (χ3n) is 4.40. The molecule has 0 aliphatic rings. The van der Waals surface area contributed by atoms with Crippen LogP contribution in [0, 0.1) is 10.1 Å². The maximum absolute atomic E-state index is 13.0. The summed E-state index contributed by atoms with van der Waals surface area (Å²) >= 11 is 0. The van der Waals surface area contributed by atoms with Gasteiger partial charge < -0.3 is 9.84 Å². The fraction of sp³-hybridized carbons (Fsp3) is 0.391. The van der Waals surface area contributed by atoms with Gasteiger partial charge in [0, 0.05) is 22.8 Å². The van der Waals surface area contributed by atoms with Gasteiger partial charge in [0.15, 0.2) is 5.78 Å². The molecule has 0 bridgehead atoms. The van der Waals surface area contributed by atoms with E-state index in [1.54, 1.807) is 24.3 Å². The van der Waals surface area contributed by atoms with E-state index in [4.69, 9.17) is 9.90 Å². The first kappa shape index (κ1) is 24.8. The molecule has 7 heteroatoms. The molecule has 0 atom stereocenters. The Kier molecular flexibility index (Phi) is 7.87. The van der Waals surface area contributed by atoms with Gasteiger partial charge in [0.2, 0.25) is 0 Å². The summed E-state index contributed by atoms with van der Waals surface area (Å²) in [5.74, 6) is -0.186. The molecular weight excluding hydrogens is 386 g/mol. The summed E-state index contributed by atoms with van der Waals surface area (Å²) in [5, 5.41) is 19.1. The van der Waals surface area contributed by atoms with Gasteiger partial charge in [-0.15, -0.1) is 0 Å². The first-order valence-electron chi connectivity index (χ1n) is 9.40. The van der Waals surface area contributed by atoms with Crippen molar-refractivity contribution < 1.29 is 24.4 Å². The zero-order chi connectivity index (χ0) is 23.3.